The minimum absolute atomic E-state index is 0.548. The number of nitrogens with one attached hydrogen (secondary N) is 1. The van der Waals surface area contributed by atoms with Crippen LogP contribution < -0.4 is 10.1 Å². The number of pyridine rings is 1. The Hall–Kier alpha value is -1.25. The largest absolute Gasteiger partial charge is 0.476 e. The number of hydrogen-bond donors (Lipinski definition) is 1. The summed E-state index contributed by atoms with van der Waals surface area (Å²) in [4.78, 5) is 4.29. The van der Waals surface area contributed by atoms with Crippen LogP contribution in [-0.4, -0.2) is 17.6 Å². The van der Waals surface area contributed by atoms with Crippen molar-refractivity contribution in [2.24, 2.45) is 11.8 Å². The maximum Gasteiger partial charge on any atom is 0.237 e. The van der Waals surface area contributed by atoms with Crippen LogP contribution in [0.1, 0.15) is 40.0 Å². The van der Waals surface area contributed by atoms with Crippen LogP contribution in [0.3, 0.4) is 0 Å². The summed E-state index contributed by atoms with van der Waals surface area (Å²) in [6, 6.07) is 4.56. The smallest absolute Gasteiger partial charge is 0.237 e. The molecule has 1 fully saturated rings. The van der Waals surface area contributed by atoms with Gasteiger partial charge < -0.3 is 10.1 Å². The molecule has 0 aliphatic heterocycles. The van der Waals surface area contributed by atoms with Gasteiger partial charge in [0.25, 0.3) is 0 Å². The van der Waals surface area contributed by atoms with Crippen molar-refractivity contribution >= 4 is 5.69 Å². The highest BCUT2D eigenvalue weighted by Gasteiger charge is 2.24. The van der Waals surface area contributed by atoms with Crippen molar-refractivity contribution in [2.45, 2.75) is 46.1 Å². The van der Waals surface area contributed by atoms with Gasteiger partial charge in [-0.15, -0.1) is 0 Å². The quantitative estimate of drug-likeness (QED) is 0.882. The Morgan fingerprint density at radius 2 is 2.00 bits per heavy atom. The predicted molar refractivity (Wildman–Crippen MR) is 75.0 cm³/mol. The fourth-order valence-electron chi connectivity index (χ4n) is 3.04. The molecule has 3 nitrogen and oxygen atoms in total. The second-order valence-electron chi connectivity index (χ2n) is 5.55. The minimum atomic E-state index is 0.548. The minimum Gasteiger partial charge on any atom is -0.476 e. The molecule has 0 amide bonds. The Labute approximate surface area is 110 Å². The Kier molecular flexibility index (Phi) is 4.45. The van der Waals surface area contributed by atoms with Crippen molar-refractivity contribution < 1.29 is 4.74 Å². The van der Waals surface area contributed by atoms with Crippen molar-refractivity contribution in [3.63, 3.8) is 0 Å². The normalized spacial score (nSPS) is 27.8. The van der Waals surface area contributed by atoms with Gasteiger partial charge in [0.05, 0.1) is 12.3 Å². The van der Waals surface area contributed by atoms with E-state index in [1.807, 2.05) is 13.0 Å². The van der Waals surface area contributed by atoms with E-state index in [0.29, 0.717) is 12.6 Å². The first-order valence-corrected chi connectivity index (χ1v) is 7.03. The summed E-state index contributed by atoms with van der Waals surface area (Å²) < 4.78 is 5.56. The van der Waals surface area contributed by atoms with Gasteiger partial charge in [0.1, 0.15) is 0 Å². The molecule has 1 aliphatic rings. The zero-order chi connectivity index (χ0) is 13.0. The van der Waals surface area contributed by atoms with Gasteiger partial charge in [-0.25, -0.2) is 4.98 Å². The first-order chi connectivity index (χ1) is 8.69. The maximum atomic E-state index is 5.56. The number of rotatable bonds is 4. The number of ether oxygens (including phenoxy) is 1. The molecule has 1 aromatic rings. The van der Waals surface area contributed by atoms with E-state index in [2.05, 4.69) is 30.2 Å². The second-order valence-corrected chi connectivity index (χ2v) is 5.55. The highest BCUT2D eigenvalue weighted by atomic mass is 16.5. The standard InChI is InChI=1S/C15H24N2O/c1-4-18-15-14(6-5-7-16-15)17-13-9-11(2)8-12(3)10-13/h5-7,11-13,17H,4,8-10H2,1-3H3. The highest BCUT2D eigenvalue weighted by molar-refractivity contribution is 5.52. The monoisotopic (exact) mass is 248 g/mol. The van der Waals surface area contributed by atoms with E-state index < -0.39 is 0 Å². The Balaban J connectivity index is 2.04. The van der Waals surface area contributed by atoms with E-state index in [1.54, 1.807) is 6.20 Å². The van der Waals surface area contributed by atoms with Crippen LogP contribution in [0, 0.1) is 11.8 Å². The lowest BCUT2D eigenvalue weighted by Crippen LogP contribution is -2.30. The van der Waals surface area contributed by atoms with Crippen molar-refractivity contribution in [3.05, 3.63) is 18.3 Å². The highest BCUT2D eigenvalue weighted by Crippen LogP contribution is 2.32. The van der Waals surface area contributed by atoms with Gasteiger partial charge in [0, 0.05) is 12.2 Å². The van der Waals surface area contributed by atoms with Gasteiger partial charge >= 0.3 is 0 Å². The summed E-state index contributed by atoms with van der Waals surface area (Å²) in [5, 5.41) is 3.61. The summed E-state index contributed by atoms with van der Waals surface area (Å²) in [7, 11) is 0. The molecule has 1 saturated carbocycles. The predicted octanol–water partition coefficient (Wildman–Crippen LogP) is 3.72. The fraction of sp³-hybridized carbons (Fsp3) is 0.667. The van der Waals surface area contributed by atoms with Crippen molar-refractivity contribution in [1.29, 1.82) is 0 Å². The molecule has 2 rings (SSSR count). The first kappa shape index (κ1) is 13.2. The van der Waals surface area contributed by atoms with Crippen molar-refractivity contribution in [1.82, 2.24) is 4.98 Å². The molecule has 0 spiro atoms. The Morgan fingerprint density at radius 1 is 1.28 bits per heavy atom. The molecule has 100 valence electrons. The molecule has 1 aromatic heterocycles. The van der Waals surface area contributed by atoms with Crippen LogP contribution >= 0.6 is 0 Å². The third-order valence-electron chi connectivity index (χ3n) is 3.59. The van der Waals surface area contributed by atoms with Gasteiger partial charge in [0.15, 0.2) is 0 Å². The van der Waals surface area contributed by atoms with Crippen LogP contribution in [0.4, 0.5) is 5.69 Å². The van der Waals surface area contributed by atoms with Gasteiger partial charge in [-0.05, 0) is 50.2 Å². The third-order valence-corrected chi connectivity index (χ3v) is 3.59. The molecule has 0 saturated heterocycles. The molecular formula is C15H24N2O. The topological polar surface area (TPSA) is 34.1 Å². The van der Waals surface area contributed by atoms with E-state index in [4.69, 9.17) is 4.74 Å². The van der Waals surface area contributed by atoms with E-state index in [1.165, 1.54) is 19.3 Å². The fourth-order valence-corrected chi connectivity index (χ4v) is 3.04. The summed E-state index contributed by atoms with van der Waals surface area (Å²) in [5.74, 6) is 2.34. The van der Waals surface area contributed by atoms with Crippen LogP contribution in [0.15, 0.2) is 18.3 Å². The lowest BCUT2D eigenvalue weighted by Gasteiger charge is -2.32. The average molecular weight is 248 g/mol. The van der Waals surface area contributed by atoms with E-state index in [0.717, 1.165) is 23.4 Å². The van der Waals surface area contributed by atoms with E-state index in [-0.39, 0.29) is 0 Å². The second kappa shape index (κ2) is 6.07. The molecule has 0 radical (unpaired) electrons. The number of nitrogens with zero attached hydrogens (tertiary/aromatic N) is 1. The molecule has 0 bridgehead atoms. The molecule has 1 aliphatic carbocycles. The Bertz CT molecular complexity index is 371. The van der Waals surface area contributed by atoms with Crippen LogP contribution in [0.2, 0.25) is 0 Å². The van der Waals surface area contributed by atoms with Crippen LogP contribution in [-0.2, 0) is 0 Å². The summed E-state index contributed by atoms with van der Waals surface area (Å²) in [5.41, 5.74) is 1.03. The van der Waals surface area contributed by atoms with Gasteiger partial charge in [0.2, 0.25) is 5.88 Å². The summed E-state index contributed by atoms with van der Waals surface area (Å²) in [6.45, 7) is 7.33. The zero-order valence-electron chi connectivity index (χ0n) is 11.6. The number of hydrogen-bond acceptors (Lipinski definition) is 3. The summed E-state index contributed by atoms with van der Waals surface area (Å²) in [6.07, 6.45) is 5.61. The van der Waals surface area contributed by atoms with Gasteiger partial charge in [-0.3, -0.25) is 0 Å². The van der Waals surface area contributed by atoms with Crippen LogP contribution in [0.25, 0.3) is 0 Å². The molecule has 2 unspecified atom stereocenters. The SMILES string of the molecule is CCOc1ncccc1NC1CC(C)CC(C)C1. The molecular weight excluding hydrogens is 224 g/mol. The third kappa shape index (κ3) is 3.37. The van der Waals surface area contributed by atoms with E-state index >= 15 is 0 Å². The van der Waals surface area contributed by atoms with Crippen molar-refractivity contribution in [3.8, 4) is 5.88 Å². The molecule has 18 heavy (non-hydrogen) atoms. The summed E-state index contributed by atoms with van der Waals surface area (Å²) >= 11 is 0. The maximum absolute atomic E-state index is 5.56. The number of aromatic nitrogens is 1. The van der Waals surface area contributed by atoms with Crippen LogP contribution in [0.5, 0.6) is 5.88 Å². The molecule has 2 atom stereocenters. The first-order valence-electron chi connectivity index (χ1n) is 7.03. The molecule has 1 heterocycles. The van der Waals surface area contributed by atoms with Gasteiger partial charge in [-0.2, -0.15) is 0 Å². The van der Waals surface area contributed by atoms with Gasteiger partial charge in [-0.1, -0.05) is 13.8 Å². The molecule has 0 aromatic carbocycles. The lowest BCUT2D eigenvalue weighted by molar-refractivity contribution is 0.279. The molecule has 3 heteroatoms. The lowest BCUT2D eigenvalue weighted by atomic mass is 9.80. The van der Waals surface area contributed by atoms with Crippen molar-refractivity contribution in [2.75, 3.05) is 11.9 Å². The zero-order valence-corrected chi connectivity index (χ0v) is 11.6. The molecule has 1 N–H and O–H groups in total. The Morgan fingerprint density at radius 3 is 2.67 bits per heavy atom. The number of anilines is 1. The average Bonchev–Trinajstić information content (AvgIpc) is 2.30. The van der Waals surface area contributed by atoms with E-state index in [9.17, 15) is 0 Å².